The van der Waals surface area contributed by atoms with Gasteiger partial charge >= 0.3 is 0 Å². The first kappa shape index (κ1) is 15.5. The number of carbonyl (C=O) groups excluding carboxylic acids is 1. The zero-order valence-electron chi connectivity index (χ0n) is 11.4. The van der Waals surface area contributed by atoms with E-state index in [1.54, 1.807) is 0 Å². The number of rotatable bonds is 4. The fourth-order valence-corrected chi connectivity index (χ4v) is 2.52. The molecule has 1 amide bonds. The molecule has 0 spiro atoms. The van der Waals surface area contributed by atoms with Gasteiger partial charge in [-0.1, -0.05) is 13.8 Å². The van der Waals surface area contributed by atoms with Gasteiger partial charge in [0.15, 0.2) is 17.5 Å². The highest BCUT2D eigenvalue weighted by Gasteiger charge is 2.18. The Balaban J connectivity index is 2.06. The van der Waals surface area contributed by atoms with Crippen molar-refractivity contribution < 1.29 is 18.0 Å². The van der Waals surface area contributed by atoms with Gasteiger partial charge < -0.3 is 5.32 Å². The lowest BCUT2D eigenvalue weighted by Crippen LogP contribution is -2.24. The average molecular weight is 314 g/mol. The number of benzene rings is 1. The van der Waals surface area contributed by atoms with Gasteiger partial charge in [0.2, 0.25) is 0 Å². The van der Waals surface area contributed by atoms with Crippen molar-refractivity contribution >= 4 is 17.2 Å². The molecule has 21 heavy (non-hydrogen) atoms. The van der Waals surface area contributed by atoms with E-state index in [0.717, 1.165) is 11.8 Å². The molecule has 0 saturated heterocycles. The quantitative estimate of drug-likeness (QED) is 0.876. The normalized spacial score (nSPS) is 11.0. The molecule has 0 bridgehead atoms. The largest absolute Gasteiger partial charge is 0.345 e. The van der Waals surface area contributed by atoms with Crippen LogP contribution in [0.5, 0.6) is 0 Å². The van der Waals surface area contributed by atoms with Gasteiger partial charge in [0.25, 0.3) is 5.91 Å². The van der Waals surface area contributed by atoms with Crippen LogP contribution in [0.2, 0.25) is 0 Å². The molecule has 0 radical (unpaired) electrons. The van der Waals surface area contributed by atoms with Crippen LogP contribution >= 0.6 is 11.3 Å². The van der Waals surface area contributed by atoms with E-state index in [2.05, 4.69) is 10.3 Å². The third-order valence-electron chi connectivity index (χ3n) is 2.84. The molecule has 0 saturated carbocycles. The summed E-state index contributed by atoms with van der Waals surface area (Å²) >= 11 is 1.37. The molecule has 1 aromatic heterocycles. The zero-order chi connectivity index (χ0) is 15.6. The molecule has 0 aliphatic rings. The van der Waals surface area contributed by atoms with E-state index >= 15 is 0 Å². The maximum Gasteiger partial charge on any atom is 0.254 e. The maximum absolute atomic E-state index is 13.5. The molecule has 0 atom stereocenters. The molecular weight excluding hydrogens is 301 g/mol. The van der Waals surface area contributed by atoms with Gasteiger partial charge in [0.05, 0.1) is 17.8 Å². The molecule has 7 heteroatoms. The minimum absolute atomic E-state index is 0.106. The molecule has 1 N–H and O–H groups in total. The molecule has 112 valence electrons. The van der Waals surface area contributed by atoms with Crippen LogP contribution in [0.3, 0.4) is 0 Å². The Morgan fingerprint density at radius 3 is 2.62 bits per heavy atom. The first-order valence-electron chi connectivity index (χ1n) is 6.26. The first-order valence-corrected chi connectivity index (χ1v) is 7.14. The fourth-order valence-electron chi connectivity index (χ4n) is 1.62. The molecule has 1 heterocycles. The molecule has 1 aromatic carbocycles. The summed E-state index contributed by atoms with van der Waals surface area (Å²) in [5, 5.41) is 4.98. The van der Waals surface area contributed by atoms with Gasteiger partial charge in [-0.3, -0.25) is 4.79 Å². The smallest absolute Gasteiger partial charge is 0.254 e. The number of aromatic nitrogens is 1. The monoisotopic (exact) mass is 314 g/mol. The summed E-state index contributed by atoms with van der Waals surface area (Å²) in [4.78, 5) is 16.1. The van der Waals surface area contributed by atoms with Gasteiger partial charge in [-0.25, -0.2) is 18.2 Å². The van der Waals surface area contributed by atoms with E-state index < -0.39 is 28.9 Å². The average Bonchev–Trinajstić information content (AvgIpc) is 2.91. The zero-order valence-corrected chi connectivity index (χ0v) is 12.2. The lowest BCUT2D eigenvalue weighted by Gasteiger charge is -2.05. The van der Waals surface area contributed by atoms with E-state index in [1.807, 2.05) is 19.2 Å². The highest BCUT2D eigenvalue weighted by atomic mass is 32.1. The van der Waals surface area contributed by atoms with E-state index in [4.69, 9.17) is 0 Å². The molecule has 0 unspecified atom stereocenters. The van der Waals surface area contributed by atoms with Gasteiger partial charge in [-0.2, -0.15) is 0 Å². The first-order chi connectivity index (χ1) is 9.90. The Morgan fingerprint density at radius 2 is 2.00 bits per heavy atom. The number of hydrogen-bond acceptors (Lipinski definition) is 3. The standard InChI is InChI=1S/C14H13F3N2OS/c1-7(2)10-6-21-11(19-10)5-18-14(20)8-3-4-9(15)13(17)12(8)16/h3-4,6-7H,5H2,1-2H3,(H,18,20). The van der Waals surface area contributed by atoms with E-state index in [-0.39, 0.29) is 12.5 Å². The summed E-state index contributed by atoms with van der Waals surface area (Å²) in [6.07, 6.45) is 0. The topological polar surface area (TPSA) is 42.0 Å². The van der Waals surface area contributed by atoms with Crippen LogP contribution in [0.4, 0.5) is 13.2 Å². The minimum atomic E-state index is -1.65. The third-order valence-corrected chi connectivity index (χ3v) is 3.71. The van der Waals surface area contributed by atoms with Crippen molar-refractivity contribution in [3.05, 3.63) is 51.2 Å². The molecule has 2 aromatic rings. The summed E-state index contributed by atoms with van der Waals surface area (Å²) in [7, 11) is 0. The van der Waals surface area contributed by atoms with Crippen molar-refractivity contribution in [3.8, 4) is 0 Å². The Morgan fingerprint density at radius 1 is 1.29 bits per heavy atom. The Hall–Kier alpha value is -1.89. The van der Waals surface area contributed by atoms with Crippen molar-refractivity contribution in [2.24, 2.45) is 0 Å². The maximum atomic E-state index is 13.5. The minimum Gasteiger partial charge on any atom is -0.345 e. The third kappa shape index (κ3) is 3.41. The lowest BCUT2D eigenvalue weighted by molar-refractivity contribution is 0.0945. The van der Waals surface area contributed by atoms with Gasteiger partial charge in [-0.05, 0) is 18.1 Å². The van der Waals surface area contributed by atoms with Crippen molar-refractivity contribution in [1.82, 2.24) is 10.3 Å². The van der Waals surface area contributed by atoms with Gasteiger partial charge in [-0.15, -0.1) is 11.3 Å². The van der Waals surface area contributed by atoms with Crippen LogP contribution in [-0.2, 0) is 6.54 Å². The summed E-state index contributed by atoms with van der Waals surface area (Å²) in [5.74, 6) is -5.01. The second-order valence-corrected chi connectivity index (χ2v) is 5.67. The van der Waals surface area contributed by atoms with Crippen LogP contribution in [0.25, 0.3) is 0 Å². The van der Waals surface area contributed by atoms with Crippen molar-refractivity contribution in [2.45, 2.75) is 26.3 Å². The highest BCUT2D eigenvalue weighted by Crippen LogP contribution is 2.18. The summed E-state index contributed by atoms with van der Waals surface area (Å²) in [6, 6.07) is 1.62. The molecule has 3 nitrogen and oxygen atoms in total. The number of carbonyl (C=O) groups is 1. The van der Waals surface area contributed by atoms with E-state index in [9.17, 15) is 18.0 Å². The summed E-state index contributed by atoms with van der Waals surface area (Å²) < 4.78 is 39.3. The van der Waals surface area contributed by atoms with Crippen LogP contribution in [0.15, 0.2) is 17.5 Å². The summed E-state index contributed by atoms with van der Waals surface area (Å²) in [6.45, 7) is 4.09. The van der Waals surface area contributed by atoms with E-state index in [0.29, 0.717) is 11.1 Å². The fraction of sp³-hybridized carbons (Fsp3) is 0.286. The second kappa shape index (κ2) is 6.26. The number of halogens is 3. The number of nitrogens with zero attached hydrogens (tertiary/aromatic N) is 1. The number of nitrogens with one attached hydrogen (secondary N) is 1. The van der Waals surface area contributed by atoms with Gasteiger partial charge in [0.1, 0.15) is 5.01 Å². The molecule has 0 fully saturated rings. The van der Waals surface area contributed by atoms with Crippen molar-refractivity contribution in [1.29, 1.82) is 0 Å². The SMILES string of the molecule is CC(C)c1csc(CNC(=O)c2ccc(F)c(F)c2F)n1. The lowest BCUT2D eigenvalue weighted by atomic mass is 10.2. The number of hydrogen-bond donors (Lipinski definition) is 1. The second-order valence-electron chi connectivity index (χ2n) is 4.73. The van der Waals surface area contributed by atoms with Crippen LogP contribution in [-0.4, -0.2) is 10.9 Å². The van der Waals surface area contributed by atoms with Crippen molar-refractivity contribution in [2.75, 3.05) is 0 Å². The van der Waals surface area contributed by atoms with Gasteiger partial charge in [0, 0.05) is 5.38 Å². The Kier molecular flexibility index (Phi) is 4.62. The van der Waals surface area contributed by atoms with Crippen LogP contribution in [0, 0.1) is 17.5 Å². The predicted octanol–water partition coefficient (Wildman–Crippen LogP) is 3.61. The molecule has 0 aliphatic carbocycles. The molecule has 0 aliphatic heterocycles. The summed E-state index contributed by atoms with van der Waals surface area (Å²) in [5.41, 5.74) is 0.373. The Bertz CT molecular complexity index is 670. The predicted molar refractivity (Wildman–Crippen MR) is 73.7 cm³/mol. The van der Waals surface area contributed by atoms with E-state index in [1.165, 1.54) is 11.3 Å². The van der Waals surface area contributed by atoms with Crippen LogP contribution in [0.1, 0.15) is 40.8 Å². The highest BCUT2D eigenvalue weighted by molar-refractivity contribution is 7.09. The molecular formula is C14H13F3N2OS. The molecule has 2 rings (SSSR count). The number of amides is 1. The van der Waals surface area contributed by atoms with Crippen molar-refractivity contribution in [3.63, 3.8) is 0 Å². The van der Waals surface area contributed by atoms with Crippen LogP contribution < -0.4 is 5.32 Å². The number of thiazole rings is 1. The Labute approximate surface area is 123 Å².